The monoisotopic (exact) mass is 409 g/mol. The van der Waals surface area contributed by atoms with Crippen LogP contribution in [0, 0.1) is 0 Å². The molecule has 3 rings (SSSR count). The topological polar surface area (TPSA) is 102 Å². The summed E-state index contributed by atoms with van der Waals surface area (Å²) >= 11 is 3.32. The van der Waals surface area contributed by atoms with Gasteiger partial charge in [0.05, 0.1) is 17.4 Å². The van der Waals surface area contributed by atoms with Gasteiger partial charge in [0.25, 0.3) is 0 Å². The van der Waals surface area contributed by atoms with Crippen LogP contribution in [0.2, 0.25) is 0 Å². The number of nitrogens with one attached hydrogen (secondary N) is 1. The van der Waals surface area contributed by atoms with Crippen molar-refractivity contribution in [1.29, 1.82) is 0 Å². The number of esters is 1. The molecule has 0 atom stereocenters. The van der Waals surface area contributed by atoms with Crippen molar-refractivity contribution in [2.75, 3.05) is 13.4 Å². The quantitative estimate of drug-likeness (QED) is 0.666. The Hall–Kier alpha value is -2.26. The molecule has 0 saturated carbocycles. The number of H-pyrrole nitrogens is 1. The lowest BCUT2D eigenvalue weighted by Crippen LogP contribution is -2.03. The largest absolute Gasteiger partial charge is 0.464 e. The number of benzene rings is 1. The number of ether oxygens (including phenoxy) is 1. The second-order valence-electron chi connectivity index (χ2n) is 5.09. The molecule has 2 aromatic heterocycles. The van der Waals surface area contributed by atoms with E-state index in [4.69, 9.17) is 4.74 Å². The van der Waals surface area contributed by atoms with Crippen LogP contribution in [-0.4, -0.2) is 42.9 Å². The summed E-state index contributed by atoms with van der Waals surface area (Å²) in [6.07, 6.45) is 2.69. The van der Waals surface area contributed by atoms with Gasteiger partial charge < -0.3 is 4.74 Å². The van der Waals surface area contributed by atoms with Crippen LogP contribution in [0.3, 0.4) is 0 Å². The smallest absolute Gasteiger partial charge is 0.359 e. The van der Waals surface area contributed by atoms with Crippen LogP contribution >= 0.6 is 15.9 Å². The number of hydrogen-bond donors (Lipinski definition) is 1. The van der Waals surface area contributed by atoms with Gasteiger partial charge in [0.2, 0.25) is 0 Å². The van der Waals surface area contributed by atoms with Crippen molar-refractivity contribution in [2.24, 2.45) is 0 Å². The van der Waals surface area contributed by atoms with Crippen molar-refractivity contribution >= 4 is 42.8 Å². The molecule has 1 aromatic carbocycles. The molecule has 0 saturated heterocycles. The van der Waals surface area contributed by atoms with Crippen molar-refractivity contribution in [3.63, 3.8) is 0 Å². The molecule has 2 heterocycles. The molecule has 24 heavy (non-hydrogen) atoms. The molecule has 0 aliphatic heterocycles. The van der Waals surface area contributed by atoms with E-state index in [0.717, 1.165) is 6.26 Å². The molecule has 0 aliphatic carbocycles. The average molecular weight is 410 g/mol. The molecule has 7 nitrogen and oxygen atoms in total. The lowest BCUT2D eigenvalue weighted by molar-refractivity contribution is 0.0596. The average Bonchev–Trinajstić information content (AvgIpc) is 2.96. The first-order valence-electron chi connectivity index (χ1n) is 6.73. The predicted molar refractivity (Wildman–Crippen MR) is 91.5 cm³/mol. The van der Waals surface area contributed by atoms with Crippen molar-refractivity contribution in [2.45, 2.75) is 4.90 Å². The van der Waals surface area contributed by atoms with E-state index in [1.165, 1.54) is 13.2 Å². The number of pyridine rings is 1. The summed E-state index contributed by atoms with van der Waals surface area (Å²) in [4.78, 5) is 16.2. The fraction of sp³-hybridized carbons (Fsp3) is 0.133. The van der Waals surface area contributed by atoms with E-state index in [9.17, 15) is 13.2 Å². The maximum atomic E-state index is 11.9. The van der Waals surface area contributed by atoms with Crippen LogP contribution in [0.1, 0.15) is 10.5 Å². The lowest BCUT2D eigenvalue weighted by atomic mass is 10.0. The molecule has 0 unspecified atom stereocenters. The van der Waals surface area contributed by atoms with Gasteiger partial charge in [-0.05, 0) is 35.4 Å². The van der Waals surface area contributed by atoms with Gasteiger partial charge in [-0.3, -0.25) is 5.10 Å². The van der Waals surface area contributed by atoms with Crippen LogP contribution in [-0.2, 0) is 14.6 Å². The summed E-state index contributed by atoms with van der Waals surface area (Å²) in [6, 6.07) is 6.52. The summed E-state index contributed by atoms with van der Waals surface area (Å²) in [5, 5.41) is 7.11. The second kappa shape index (κ2) is 5.99. The molecular weight excluding hydrogens is 398 g/mol. The summed E-state index contributed by atoms with van der Waals surface area (Å²) in [5.41, 5.74) is 1.74. The highest BCUT2D eigenvalue weighted by molar-refractivity contribution is 9.10. The number of carbonyl (C=O) groups is 1. The highest BCUT2D eigenvalue weighted by Crippen LogP contribution is 2.32. The van der Waals surface area contributed by atoms with E-state index in [1.54, 1.807) is 24.4 Å². The van der Waals surface area contributed by atoms with Crippen LogP contribution in [0.5, 0.6) is 0 Å². The minimum Gasteiger partial charge on any atom is -0.464 e. The predicted octanol–water partition coefficient (Wildman–Crippen LogP) is 2.58. The summed E-state index contributed by atoms with van der Waals surface area (Å²) in [7, 11) is -2.12. The van der Waals surface area contributed by atoms with Crippen LogP contribution in [0.15, 0.2) is 39.8 Å². The summed E-state index contributed by atoms with van der Waals surface area (Å²) in [6.45, 7) is 0. The Kier molecular flexibility index (Phi) is 4.14. The van der Waals surface area contributed by atoms with Crippen molar-refractivity contribution in [3.05, 3.63) is 40.6 Å². The second-order valence-corrected chi connectivity index (χ2v) is 8.03. The molecule has 3 aromatic rings. The van der Waals surface area contributed by atoms with Crippen molar-refractivity contribution in [1.82, 2.24) is 15.2 Å². The Morgan fingerprint density at radius 1 is 1.29 bits per heavy atom. The van der Waals surface area contributed by atoms with Crippen molar-refractivity contribution < 1.29 is 17.9 Å². The highest BCUT2D eigenvalue weighted by Gasteiger charge is 2.20. The Morgan fingerprint density at radius 2 is 2.04 bits per heavy atom. The fourth-order valence-electron chi connectivity index (χ4n) is 2.37. The summed E-state index contributed by atoms with van der Waals surface area (Å²) < 4.78 is 29.1. The SMILES string of the molecule is COC(=O)c1n[nH]c2nccc(-c3cc(Br)cc(S(C)(=O)=O)c3)c12. The first-order chi connectivity index (χ1) is 11.3. The Labute approximate surface area is 146 Å². The Bertz CT molecular complexity index is 1060. The number of halogens is 1. The standard InChI is InChI=1S/C15H12BrN3O4S/c1-23-15(20)13-12-11(3-4-17-14(12)19-18-13)8-5-9(16)7-10(6-8)24(2,21)22/h3-7H,1-2H3,(H,17,18,19). The van der Waals surface area contributed by atoms with Gasteiger partial charge in [0, 0.05) is 16.9 Å². The van der Waals surface area contributed by atoms with Gasteiger partial charge in [-0.1, -0.05) is 15.9 Å². The molecular formula is C15H12BrN3O4S. The number of rotatable bonds is 3. The van der Waals surface area contributed by atoms with E-state index < -0.39 is 15.8 Å². The first kappa shape index (κ1) is 16.6. The zero-order chi connectivity index (χ0) is 17.5. The molecule has 1 N–H and O–H groups in total. The number of carbonyl (C=O) groups excluding carboxylic acids is 1. The first-order valence-corrected chi connectivity index (χ1v) is 9.42. The maximum Gasteiger partial charge on any atom is 0.359 e. The fourth-order valence-corrected chi connectivity index (χ4v) is 3.70. The highest BCUT2D eigenvalue weighted by atomic mass is 79.9. The van der Waals surface area contributed by atoms with E-state index in [-0.39, 0.29) is 10.6 Å². The number of aromatic nitrogens is 3. The molecule has 9 heteroatoms. The molecule has 0 bridgehead atoms. The Balaban J connectivity index is 2.33. The molecule has 0 fully saturated rings. The van der Waals surface area contributed by atoms with E-state index in [2.05, 4.69) is 31.1 Å². The third-order valence-corrected chi connectivity index (χ3v) is 5.00. The zero-order valence-corrected chi connectivity index (χ0v) is 15.1. The normalized spacial score (nSPS) is 11.6. The third-order valence-electron chi connectivity index (χ3n) is 3.45. The van der Waals surface area contributed by atoms with Crippen LogP contribution < -0.4 is 0 Å². The molecule has 0 spiro atoms. The number of hydrogen-bond acceptors (Lipinski definition) is 6. The number of sulfone groups is 1. The van der Waals surface area contributed by atoms with Gasteiger partial charge in [-0.15, -0.1) is 0 Å². The molecule has 124 valence electrons. The van der Waals surface area contributed by atoms with E-state index in [0.29, 0.717) is 26.6 Å². The lowest BCUT2D eigenvalue weighted by Gasteiger charge is -2.08. The number of methoxy groups -OCH3 is 1. The zero-order valence-electron chi connectivity index (χ0n) is 12.7. The van der Waals surface area contributed by atoms with Crippen LogP contribution in [0.25, 0.3) is 22.2 Å². The van der Waals surface area contributed by atoms with E-state index >= 15 is 0 Å². The number of aromatic amines is 1. The van der Waals surface area contributed by atoms with Crippen molar-refractivity contribution in [3.8, 4) is 11.1 Å². The van der Waals surface area contributed by atoms with Gasteiger partial charge in [-0.2, -0.15) is 5.10 Å². The third kappa shape index (κ3) is 2.92. The van der Waals surface area contributed by atoms with Gasteiger partial charge in [0.15, 0.2) is 21.2 Å². The molecule has 0 amide bonds. The minimum absolute atomic E-state index is 0.0940. The van der Waals surface area contributed by atoms with Gasteiger partial charge in [0.1, 0.15) is 0 Å². The Morgan fingerprint density at radius 3 is 2.71 bits per heavy atom. The van der Waals surface area contributed by atoms with E-state index in [1.807, 2.05) is 0 Å². The van der Waals surface area contributed by atoms with Crippen LogP contribution in [0.4, 0.5) is 0 Å². The maximum absolute atomic E-state index is 11.9. The minimum atomic E-state index is -3.39. The van der Waals surface area contributed by atoms with Gasteiger partial charge >= 0.3 is 5.97 Å². The van der Waals surface area contributed by atoms with Gasteiger partial charge in [-0.25, -0.2) is 18.2 Å². The number of fused-ring (bicyclic) bond motifs is 1. The number of nitrogens with zero attached hydrogens (tertiary/aromatic N) is 2. The molecule has 0 radical (unpaired) electrons. The summed E-state index contributed by atoms with van der Waals surface area (Å²) in [5.74, 6) is -0.603. The molecule has 0 aliphatic rings.